The highest BCUT2D eigenvalue weighted by molar-refractivity contribution is 7.13. The van der Waals surface area contributed by atoms with Crippen molar-refractivity contribution in [3.05, 3.63) is 69.5 Å². The van der Waals surface area contributed by atoms with Crippen LogP contribution in [0, 0.1) is 12.7 Å². The molecule has 0 saturated carbocycles. The van der Waals surface area contributed by atoms with Crippen LogP contribution in [0.1, 0.15) is 20.5 Å². The summed E-state index contributed by atoms with van der Waals surface area (Å²) in [6.45, 7) is 2.28. The third kappa shape index (κ3) is 3.79. The minimum Gasteiger partial charge on any atom is -0.344 e. The third-order valence-corrected chi connectivity index (χ3v) is 5.49. The number of hydrogen-bond donors (Lipinski definition) is 1. The van der Waals surface area contributed by atoms with E-state index in [1.165, 1.54) is 34.8 Å². The van der Waals surface area contributed by atoms with Gasteiger partial charge >= 0.3 is 0 Å². The number of thiophene rings is 1. The van der Waals surface area contributed by atoms with Gasteiger partial charge in [-0.3, -0.25) is 4.79 Å². The van der Waals surface area contributed by atoms with Gasteiger partial charge in [0.25, 0.3) is 5.91 Å². The molecule has 0 aliphatic carbocycles. The molecule has 9 heteroatoms. The van der Waals surface area contributed by atoms with E-state index in [2.05, 4.69) is 20.4 Å². The zero-order chi connectivity index (χ0) is 18.8. The first-order valence-electron chi connectivity index (χ1n) is 8.06. The predicted molar refractivity (Wildman–Crippen MR) is 103 cm³/mol. The topological polar surface area (TPSA) is 72.7 Å². The zero-order valence-electron chi connectivity index (χ0n) is 14.2. The van der Waals surface area contributed by atoms with Gasteiger partial charge in [-0.05, 0) is 42.6 Å². The Kier molecular flexibility index (Phi) is 4.78. The molecule has 0 saturated heterocycles. The average molecular weight is 399 g/mol. The number of aryl methyl sites for hydroxylation is 1. The molecule has 0 bridgehead atoms. The second-order valence-corrected chi connectivity index (χ2v) is 7.92. The zero-order valence-corrected chi connectivity index (χ0v) is 15.9. The molecule has 4 aromatic rings. The lowest BCUT2D eigenvalue weighted by Crippen LogP contribution is -2.23. The van der Waals surface area contributed by atoms with E-state index < -0.39 is 0 Å². The number of hydrogen-bond acceptors (Lipinski definition) is 6. The van der Waals surface area contributed by atoms with Crippen LogP contribution >= 0.6 is 22.7 Å². The van der Waals surface area contributed by atoms with Gasteiger partial charge < -0.3 is 5.32 Å². The maximum absolute atomic E-state index is 13.3. The molecule has 0 fully saturated rings. The molecule has 0 atom stereocenters. The van der Waals surface area contributed by atoms with Gasteiger partial charge in [0.1, 0.15) is 5.82 Å². The van der Waals surface area contributed by atoms with Crippen molar-refractivity contribution in [1.82, 2.24) is 25.1 Å². The number of nitrogens with one attached hydrogen (secondary N) is 1. The molecule has 0 unspecified atom stereocenters. The number of halogens is 1. The van der Waals surface area contributed by atoms with Crippen LogP contribution < -0.4 is 5.32 Å². The minimum absolute atomic E-state index is 0.0592. The van der Waals surface area contributed by atoms with Crippen LogP contribution in [-0.2, 0) is 6.54 Å². The van der Waals surface area contributed by atoms with Crippen LogP contribution in [0.2, 0.25) is 0 Å². The number of amides is 1. The highest BCUT2D eigenvalue weighted by atomic mass is 32.1. The fraction of sp³-hybridized carbons (Fsp3) is 0.111. The van der Waals surface area contributed by atoms with E-state index in [4.69, 9.17) is 0 Å². The maximum atomic E-state index is 13.3. The summed E-state index contributed by atoms with van der Waals surface area (Å²) in [5.41, 5.74) is 0.629. The van der Waals surface area contributed by atoms with Crippen molar-refractivity contribution in [2.24, 2.45) is 0 Å². The number of carbonyl (C=O) groups is 1. The van der Waals surface area contributed by atoms with Gasteiger partial charge in [0.15, 0.2) is 5.82 Å². The standard InChI is InChI=1S/C18H14FN5OS2/c1-11-20-9-14(27-11)10-21-18(25)16-22-17(15-3-2-8-26-15)24(23-16)13-6-4-12(19)5-7-13/h2-9H,10H2,1H3,(H,21,25). The first-order valence-corrected chi connectivity index (χ1v) is 9.76. The van der Waals surface area contributed by atoms with Crippen LogP contribution in [0.25, 0.3) is 16.4 Å². The van der Waals surface area contributed by atoms with Crippen LogP contribution in [-0.4, -0.2) is 25.7 Å². The molecule has 3 aromatic heterocycles. The Morgan fingerprint density at radius 1 is 1.26 bits per heavy atom. The molecule has 0 spiro atoms. The maximum Gasteiger partial charge on any atom is 0.291 e. The van der Waals surface area contributed by atoms with E-state index >= 15 is 0 Å². The number of thiazole rings is 1. The lowest BCUT2D eigenvalue weighted by atomic mass is 10.3. The molecule has 6 nitrogen and oxygen atoms in total. The first-order chi connectivity index (χ1) is 13.1. The lowest BCUT2D eigenvalue weighted by molar-refractivity contribution is 0.0941. The van der Waals surface area contributed by atoms with Crippen molar-refractivity contribution in [3.8, 4) is 16.4 Å². The van der Waals surface area contributed by atoms with E-state index in [9.17, 15) is 9.18 Å². The van der Waals surface area contributed by atoms with E-state index in [1.54, 1.807) is 23.0 Å². The van der Waals surface area contributed by atoms with Crippen molar-refractivity contribution >= 4 is 28.6 Å². The van der Waals surface area contributed by atoms with Gasteiger partial charge in [-0.1, -0.05) is 6.07 Å². The summed E-state index contributed by atoms with van der Waals surface area (Å²) in [5, 5.41) is 10.0. The summed E-state index contributed by atoms with van der Waals surface area (Å²) < 4.78 is 14.8. The van der Waals surface area contributed by atoms with Crippen LogP contribution in [0.5, 0.6) is 0 Å². The van der Waals surface area contributed by atoms with Gasteiger partial charge in [-0.25, -0.2) is 19.0 Å². The monoisotopic (exact) mass is 399 g/mol. The normalized spacial score (nSPS) is 10.9. The summed E-state index contributed by atoms with van der Waals surface area (Å²) in [6, 6.07) is 9.69. The van der Waals surface area contributed by atoms with Crippen LogP contribution in [0.3, 0.4) is 0 Å². The highest BCUT2D eigenvalue weighted by Gasteiger charge is 2.19. The molecule has 1 N–H and O–H groups in total. The minimum atomic E-state index is -0.375. The Hall–Kier alpha value is -2.91. The van der Waals surface area contributed by atoms with E-state index in [-0.39, 0.29) is 17.5 Å². The largest absolute Gasteiger partial charge is 0.344 e. The molecule has 4 rings (SSSR count). The molecule has 3 heterocycles. The van der Waals surface area contributed by atoms with Crippen molar-refractivity contribution < 1.29 is 9.18 Å². The smallest absolute Gasteiger partial charge is 0.291 e. The van der Waals surface area contributed by atoms with Crippen LogP contribution in [0.4, 0.5) is 4.39 Å². The Bertz CT molecular complexity index is 1070. The number of rotatable bonds is 5. The molecule has 1 amide bonds. The van der Waals surface area contributed by atoms with Crippen molar-refractivity contribution in [1.29, 1.82) is 0 Å². The summed E-state index contributed by atoms with van der Waals surface area (Å²) in [7, 11) is 0. The van der Waals surface area contributed by atoms with E-state index in [0.29, 0.717) is 18.1 Å². The highest BCUT2D eigenvalue weighted by Crippen LogP contribution is 2.25. The quantitative estimate of drug-likeness (QED) is 0.554. The first kappa shape index (κ1) is 17.5. The van der Waals surface area contributed by atoms with Crippen LogP contribution in [0.15, 0.2) is 48.0 Å². The summed E-state index contributed by atoms with van der Waals surface area (Å²) >= 11 is 3.01. The SMILES string of the molecule is Cc1ncc(CNC(=O)c2nc(-c3cccs3)n(-c3ccc(F)cc3)n2)s1. The number of benzene rings is 1. The molecule has 0 radical (unpaired) electrons. The van der Waals surface area contributed by atoms with E-state index in [1.807, 2.05) is 24.4 Å². The Balaban J connectivity index is 1.64. The van der Waals surface area contributed by atoms with Gasteiger partial charge in [0.05, 0.1) is 22.1 Å². The molecule has 0 aliphatic heterocycles. The predicted octanol–water partition coefficient (Wildman–Crippen LogP) is 3.83. The molecule has 1 aromatic carbocycles. The van der Waals surface area contributed by atoms with Crippen molar-refractivity contribution in [2.45, 2.75) is 13.5 Å². The van der Waals surface area contributed by atoms with Crippen molar-refractivity contribution in [2.75, 3.05) is 0 Å². The molecule has 27 heavy (non-hydrogen) atoms. The Morgan fingerprint density at radius 3 is 2.74 bits per heavy atom. The second-order valence-electron chi connectivity index (χ2n) is 5.65. The average Bonchev–Trinajstić information content (AvgIpc) is 3.40. The molecular formula is C18H14FN5OS2. The summed E-state index contributed by atoms with van der Waals surface area (Å²) in [6.07, 6.45) is 1.74. The molecule has 136 valence electrons. The number of nitrogens with zero attached hydrogens (tertiary/aromatic N) is 4. The number of carbonyl (C=O) groups excluding carboxylic acids is 1. The van der Waals surface area contributed by atoms with Gasteiger partial charge in [-0.15, -0.1) is 27.8 Å². The Morgan fingerprint density at radius 2 is 2.07 bits per heavy atom. The second kappa shape index (κ2) is 7.37. The van der Waals surface area contributed by atoms with Crippen molar-refractivity contribution in [3.63, 3.8) is 0 Å². The van der Waals surface area contributed by atoms with Gasteiger partial charge in [-0.2, -0.15) is 0 Å². The number of aromatic nitrogens is 4. The fourth-order valence-corrected chi connectivity index (χ4v) is 3.90. The summed E-state index contributed by atoms with van der Waals surface area (Å²) in [4.78, 5) is 22.9. The van der Waals surface area contributed by atoms with Gasteiger partial charge in [0.2, 0.25) is 5.82 Å². The lowest BCUT2D eigenvalue weighted by Gasteiger charge is -2.04. The Labute approximate surface area is 162 Å². The fourth-order valence-electron chi connectivity index (χ4n) is 2.47. The molecule has 0 aliphatic rings. The van der Waals surface area contributed by atoms with Gasteiger partial charge in [0, 0.05) is 11.1 Å². The van der Waals surface area contributed by atoms with E-state index in [0.717, 1.165) is 14.8 Å². The third-order valence-electron chi connectivity index (χ3n) is 3.72. The summed E-state index contributed by atoms with van der Waals surface area (Å²) in [5.74, 6) is -0.117. The molecular weight excluding hydrogens is 385 g/mol.